The van der Waals surface area contributed by atoms with Crippen molar-refractivity contribution in [3.8, 4) is 11.1 Å². The second-order valence-corrected chi connectivity index (χ2v) is 7.69. The van der Waals surface area contributed by atoms with Crippen LogP contribution in [0.2, 0.25) is 0 Å². The third-order valence-corrected chi connectivity index (χ3v) is 5.26. The quantitative estimate of drug-likeness (QED) is 0.543. The van der Waals surface area contributed by atoms with E-state index in [9.17, 15) is 18.4 Å². The second-order valence-electron chi connectivity index (χ2n) is 7.18. The van der Waals surface area contributed by atoms with E-state index in [0.717, 1.165) is 21.9 Å². The first-order valence-electron chi connectivity index (χ1n) is 9.67. The van der Waals surface area contributed by atoms with Crippen LogP contribution in [0.25, 0.3) is 11.1 Å². The van der Waals surface area contributed by atoms with Gasteiger partial charge in [-0.05, 0) is 39.4 Å². The normalized spacial score (nSPS) is 11.1. The molecule has 3 aromatic rings. The number of nitrogens with zero attached hydrogens (tertiary/aromatic N) is 5. The van der Waals surface area contributed by atoms with Crippen LogP contribution < -0.4 is 10.2 Å². The largest absolute Gasteiger partial charge is 0.277 e. The van der Waals surface area contributed by atoms with Gasteiger partial charge in [0.1, 0.15) is 18.7 Å². The summed E-state index contributed by atoms with van der Waals surface area (Å²) in [4.78, 5) is 33.2. The molecule has 0 aliphatic heterocycles. The summed E-state index contributed by atoms with van der Waals surface area (Å²) in [7, 11) is 2.09. The molecular formula is C21H22F2N5O2P. The fraction of sp³-hybridized carbons (Fsp3) is 0.286. The third kappa shape index (κ3) is 4.66. The van der Waals surface area contributed by atoms with Crippen molar-refractivity contribution in [1.82, 2.24) is 19.7 Å². The number of rotatable bonds is 6. The van der Waals surface area contributed by atoms with Crippen LogP contribution in [0, 0.1) is 11.6 Å². The van der Waals surface area contributed by atoms with E-state index >= 15 is 0 Å². The van der Waals surface area contributed by atoms with Crippen LogP contribution >= 0.6 is 9.39 Å². The van der Waals surface area contributed by atoms with Crippen LogP contribution in [0.1, 0.15) is 37.9 Å². The van der Waals surface area contributed by atoms with Gasteiger partial charge in [-0.15, -0.1) is 0 Å². The number of hydrogen-bond acceptors (Lipinski definition) is 5. The highest BCUT2D eigenvalue weighted by atomic mass is 31.0. The average molecular weight is 445 g/mol. The predicted octanol–water partition coefficient (Wildman–Crippen LogP) is 3.49. The Kier molecular flexibility index (Phi) is 6.85. The summed E-state index contributed by atoms with van der Waals surface area (Å²) < 4.78 is 29.8. The summed E-state index contributed by atoms with van der Waals surface area (Å²) >= 11 is 0. The van der Waals surface area contributed by atoms with Gasteiger partial charge in [-0.25, -0.2) is 23.4 Å². The highest BCUT2D eigenvalue weighted by Crippen LogP contribution is 2.30. The van der Waals surface area contributed by atoms with E-state index < -0.39 is 29.6 Å². The SMILES string of the molecule is CCc1c(-c2cccc(F)c2)c(C(C)C)nn(CC(=O)N(P)c2ncncc2F)c1=O. The number of hydrogen-bond donors (Lipinski definition) is 0. The van der Waals surface area contributed by atoms with Crippen molar-refractivity contribution in [3.63, 3.8) is 0 Å². The Morgan fingerprint density at radius 3 is 2.65 bits per heavy atom. The number of aromatic nitrogens is 4. The molecule has 0 saturated carbocycles. The molecule has 0 N–H and O–H groups in total. The van der Waals surface area contributed by atoms with Crippen molar-refractivity contribution >= 4 is 21.1 Å². The maximum atomic E-state index is 13.9. The molecule has 3 rings (SSSR count). The molecule has 2 heterocycles. The topological polar surface area (TPSA) is 81.0 Å². The lowest BCUT2D eigenvalue weighted by Gasteiger charge is -2.20. The van der Waals surface area contributed by atoms with Crippen molar-refractivity contribution in [2.24, 2.45) is 0 Å². The van der Waals surface area contributed by atoms with E-state index in [0.29, 0.717) is 28.8 Å². The Hall–Kier alpha value is -3.06. The number of anilines is 1. The van der Waals surface area contributed by atoms with Crippen molar-refractivity contribution in [2.75, 3.05) is 4.67 Å². The molecule has 0 bridgehead atoms. The molecular weight excluding hydrogens is 423 g/mol. The van der Waals surface area contributed by atoms with Gasteiger partial charge in [0.2, 0.25) is 0 Å². The molecule has 0 spiro atoms. The van der Waals surface area contributed by atoms with Gasteiger partial charge >= 0.3 is 0 Å². The maximum Gasteiger partial charge on any atom is 0.271 e. The minimum absolute atomic E-state index is 0.100. The zero-order chi connectivity index (χ0) is 22.7. The zero-order valence-electron chi connectivity index (χ0n) is 17.3. The van der Waals surface area contributed by atoms with Gasteiger partial charge in [0.25, 0.3) is 11.5 Å². The molecule has 10 heteroatoms. The molecule has 162 valence electrons. The van der Waals surface area contributed by atoms with E-state index in [4.69, 9.17) is 0 Å². The van der Waals surface area contributed by atoms with Crippen LogP contribution in [0.5, 0.6) is 0 Å². The zero-order valence-corrected chi connectivity index (χ0v) is 18.5. The first-order valence-corrected chi connectivity index (χ1v) is 10.2. The fourth-order valence-corrected chi connectivity index (χ4v) is 3.53. The lowest BCUT2D eigenvalue weighted by atomic mass is 9.93. The Labute approximate surface area is 180 Å². The molecule has 7 nitrogen and oxygen atoms in total. The van der Waals surface area contributed by atoms with E-state index in [1.165, 1.54) is 12.1 Å². The standard InChI is InChI=1S/C21H22F2N5O2P/c1-4-15-18(13-6-5-7-14(22)8-13)19(12(2)3)26-27(21(15)30)10-17(29)28(31)20-16(23)9-24-11-25-20/h5-9,11-12H,4,10,31H2,1-3H3. The maximum absolute atomic E-state index is 13.9. The van der Waals surface area contributed by atoms with Gasteiger partial charge in [0.15, 0.2) is 11.6 Å². The molecule has 0 fully saturated rings. The minimum Gasteiger partial charge on any atom is -0.277 e. The Morgan fingerprint density at radius 1 is 1.29 bits per heavy atom. The number of carbonyl (C=O) groups excluding carboxylic acids is 1. The highest BCUT2D eigenvalue weighted by Gasteiger charge is 2.23. The number of halogens is 2. The van der Waals surface area contributed by atoms with Gasteiger partial charge in [-0.3, -0.25) is 14.3 Å². The first-order chi connectivity index (χ1) is 14.7. The van der Waals surface area contributed by atoms with Crippen molar-refractivity contribution in [1.29, 1.82) is 0 Å². The Morgan fingerprint density at radius 2 is 2.03 bits per heavy atom. The van der Waals surface area contributed by atoms with Gasteiger partial charge in [0, 0.05) is 11.1 Å². The lowest BCUT2D eigenvalue weighted by Crippen LogP contribution is -2.35. The first kappa shape index (κ1) is 22.6. The Bertz CT molecular complexity index is 1180. The molecule has 1 amide bonds. The fourth-order valence-electron chi connectivity index (χ4n) is 3.25. The van der Waals surface area contributed by atoms with Gasteiger partial charge in [-0.1, -0.05) is 32.9 Å². The average Bonchev–Trinajstić information content (AvgIpc) is 2.74. The highest BCUT2D eigenvalue weighted by molar-refractivity contribution is 7.21. The summed E-state index contributed by atoms with van der Waals surface area (Å²) in [5, 5.41) is 4.42. The monoisotopic (exact) mass is 445 g/mol. The Balaban J connectivity index is 2.08. The molecule has 0 aliphatic carbocycles. The summed E-state index contributed by atoms with van der Waals surface area (Å²) in [5.41, 5.74) is 1.68. The van der Waals surface area contributed by atoms with E-state index in [1.807, 2.05) is 20.8 Å². The van der Waals surface area contributed by atoms with Crippen molar-refractivity contribution in [2.45, 2.75) is 39.7 Å². The van der Waals surface area contributed by atoms with Crippen LogP contribution in [-0.2, 0) is 17.8 Å². The molecule has 1 atom stereocenters. The van der Waals surface area contributed by atoms with E-state index in [2.05, 4.69) is 24.5 Å². The molecule has 0 radical (unpaired) electrons. The van der Waals surface area contributed by atoms with Gasteiger partial charge < -0.3 is 0 Å². The number of benzene rings is 1. The van der Waals surface area contributed by atoms with Crippen LogP contribution in [0.4, 0.5) is 14.6 Å². The van der Waals surface area contributed by atoms with E-state index in [-0.39, 0.29) is 11.7 Å². The molecule has 0 saturated heterocycles. The van der Waals surface area contributed by atoms with E-state index in [1.54, 1.807) is 12.1 Å². The molecule has 0 aliphatic rings. The molecule has 1 unspecified atom stereocenters. The van der Waals surface area contributed by atoms with Crippen LogP contribution in [-0.4, -0.2) is 25.7 Å². The molecule has 31 heavy (non-hydrogen) atoms. The van der Waals surface area contributed by atoms with Gasteiger partial charge in [-0.2, -0.15) is 5.10 Å². The summed E-state index contributed by atoms with van der Waals surface area (Å²) in [6.07, 6.45) is 2.43. The van der Waals surface area contributed by atoms with Crippen molar-refractivity contribution < 1.29 is 13.6 Å². The smallest absolute Gasteiger partial charge is 0.271 e. The molecule has 2 aromatic heterocycles. The summed E-state index contributed by atoms with van der Waals surface area (Å²) in [6, 6.07) is 5.99. The lowest BCUT2D eigenvalue weighted by molar-refractivity contribution is -0.118. The summed E-state index contributed by atoms with van der Waals surface area (Å²) in [6.45, 7) is 5.20. The second kappa shape index (κ2) is 9.39. The van der Waals surface area contributed by atoms with Gasteiger partial charge in [0.05, 0.1) is 11.9 Å². The minimum atomic E-state index is -0.773. The van der Waals surface area contributed by atoms with Crippen LogP contribution in [0.15, 0.2) is 41.6 Å². The van der Waals surface area contributed by atoms with Crippen LogP contribution in [0.3, 0.4) is 0 Å². The van der Waals surface area contributed by atoms with Crippen molar-refractivity contribution in [3.05, 3.63) is 70.0 Å². The molecule has 1 aromatic carbocycles. The summed E-state index contributed by atoms with van der Waals surface area (Å²) in [5.74, 6) is -2.12. The third-order valence-electron chi connectivity index (χ3n) is 4.72. The number of amides is 1. The number of carbonyl (C=O) groups is 1. The predicted molar refractivity (Wildman–Crippen MR) is 117 cm³/mol.